The summed E-state index contributed by atoms with van der Waals surface area (Å²) in [5.74, 6) is 0.792. The molecule has 0 atom stereocenters. The number of hydrogen-bond acceptors (Lipinski definition) is 6. The fourth-order valence-corrected chi connectivity index (χ4v) is 3.34. The van der Waals surface area contributed by atoms with Gasteiger partial charge in [0, 0.05) is 7.11 Å². The van der Waals surface area contributed by atoms with E-state index in [1.54, 1.807) is 18.0 Å². The molecule has 0 aliphatic heterocycles. The van der Waals surface area contributed by atoms with Crippen LogP contribution in [0.3, 0.4) is 0 Å². The topological polar surface area (TPSA) is 74.1 Å². The molecule has 2 heterocycles. The maximum absolute atomic E-state index is 14.0. The van der Waals surface area contributed by atoms with Crippen molar-refractivity contribution in [2.45, 2.75) is 39.2 Å². The first-order valence-corrected chi connectivity index (χ1v) is 9.57. The lowest BCUT2D eigenvalue weighted by Gasteiger charge is -2.25. The molecule has 2 aromatic heterocycles. The fraction of sp³-hybridized carbons (Fsp3) is 0.611. The first kappa shape index (κ1) is 19.8. The molecule has 1 N–H and O–H groups in total. The first-order chi connectivity index (χ1) is 13.1. The minimum absolute atomic E-state index is 0.0472. The van der Waals surface area contributed by atoms with E-state index < -0.39 is 5.82 Å². The molecule has 148 valence electrons. The minimum atomic E-state index is -0.577. The normalized spacial score (nSPS) is 19.9. The van der Waals surface area contributed by atoms with Gasteiger partial charge in [-0.15, -0.1) is 0 Å². The molecule has 0 amide bonds. The van der Waals surface area contributed by atoms with Crippen LogP contribution in [-0.2, 0) is 11.3 Å². The molecule has 9 heteroatoms. The smallest absolute Gasteiger partial charge is 0.255 e. The SMILES string of the molecule is COCCn1ncc(Nc2ncc(F)c(OCC3CCC(C)CC3)n2)c1Cl. The summed E-state index contributed by atoms with van der Waals surface area (Å²) in [6, 6.07) is 0. The predicted octanol–water partition coefficient (Wildman–Crippen LogP) is 4.06. The maximum Gasteiger partial charge on any atom is 0.255 e. The van der Waals surface area contributed by atoms with Crippen molar-refractivity contribution in [1.82, 2.24) is 19.7 Å². The Morgan fingerprint density at radius 2 is 2.07 bits per heavy atom. The van der Waals surface area contributed by atoms with Crippen LogP contribution in [0.1, 0.15) is 32.6 Å². The zero-order valence-corrected chi connectivity index (χ0v) is 16.4. The van der Waals surface area contributed by atoms with E-state index in [9.17, 15) is 4.39 Å². The van der Waals surface area contributed by atoms with E-state index in [0.717, 1.165) is 25.0 Å². The number of aromatic nitrogens is 4. The zero-order chi connectivity index (χ0) is 19.2. The van der Waals surface area contributed by atoms with Gasteiger partial charge in [-0.3, -0.25) is 0 Å². The number of halogens is 2. The number of hydrogen-bond donors (Lipinski definition) is 1. The van der Waals surface area contributed by atoms with Gasteiger partial charge in [-0.1, -0.05) is 31.4 Å². The van der Waals surface area contributed by atoms with Gasteiger partial charge in [0.2, 0.25) is 11.8 Å². The monoisotopic (exact) mass is 397 g/mol. The van der Waals surface area contributed by atoms with Crippen LogP contribution in [-0.4, -0.2) is 40.1 Å². The summed E-state index contributed by atoms with van der Waals surface area (Å²) in [4.78, 5) is 8.09. The third-order valence-corrected chi connectivity index (χ3v) is 5.23. The third kappa shape index (κ3) is 5.29. The Morgan fingerprint density at radius 3 is 2.81 bits per heavy atom. The summed E-state index contributed by atoms with van der Waals surface area (Å²) in [5, 5.41) is 7.53. The molecule has 0 unspecified atom stereocenters. The second-order valence-electron chi connectivity index (χ2n) is 6.97. The summed E-state index contributed by atoms with van der Waals surface area (Å²) in [6.45, 7) is 3.75. The molecular weight excluding hydrogens is 373 g/mol. The molecule has 1 aliphatic carbocycles. The summed E-state index contributed by atoms with van der Waals surface area (Å²) in [5.41, 5.74) is 0.534. The molecule has 0 saturated heterocycles. The van der Waals surface area contributed by atoms with Gasteiger partial charge in [0.05, 0.1) is 37.8 Å². The quantitative estimate of drug-likeness (QED) is 0.724. The third-order valence-electron chi connectivity index (χ3n) is 4.83. The highest BCUT2D eigenvalue weighted by Crippen LogP contribution is 2.29. The van der Waals surface area contributed by atoms with Crippen LogP contribution < -0.4 is 10.1 Å². The van der Waals surface area contributed by atoms with Gasteiger partial charge in [0.15, 0.2) is 5.15 Å². The predicted molar refractivity (Wildman–Crippen MR) is 101 cm³/mol. The van der Waals surface area contributed by atoms with Gasteiger partial charge >= 0.3 is 0 Å². The highest BCUT2D eigenvalue weighted by Gasteiger charge is 2.20. The average Bonchev–Trinajstić information content (AvgIpc) is 3.01. The van der Waals surface area contributed by atoms with E-state index in [1.165, 1.54) is 12.8 Å². The maximum atomic E-state index is 14.0. The molecule has 1 fully saturated rings. The van der Waals surface area contributed by atoms with Crippen molar-refractivity contribution in [3.8, 4) is 5.88 Å². The van der Waals surface area contributed by atoms with E-state index >= 15 is 0 Å². The lowest BCUT2D eigenvalue weighted by molar-refractivity contribution is 0.178. The molecule has 0 radical (unpaired) electrons. The number of methoxy groups -OCH3 is 1. The summed E-state index contributed by atoms with van der Waals surface area (Å²) in [6.07, 6.45) is 7.26. The van der Waals surface area contributed by atoms with E-state index in [0.29, 0.717) is 36.5 Å². The summed E-state index contributed by atoms with van der Waals surface area (Å²) in [7, 11) is 1.61. The Bertz CT molecular complexity index is 749. The molecular formula is C18H25ClFN5O2. The number of rotatable bonds is 8. The van der Waals surface area contributed by atoms with Crippen LogP contribution in [0.15, 0.2) is 12.4 Å². The number of nitrogens with zero attached hydrogens (tertiary/aromatic N) is 4. The summed E-state index contributed by atoms with van der Waals surface area (Å²) < 4.78 is 26.3. The van der Waals surface area contributed by atoms with Crippen LogP contribution in [0, 0.1) is 17.7 Å². The van der Waals surface area contributed by atoms with Gasteiger partial charge in [-0.05, 0) is 24.7 Å². The van der Waals surface area contributed by atoms with E-state index in [-0.39, 0.29) is 11.8 Å². The number of nitrogens with one attached hydrogen (secondary N) is 1. The summed E-state index contributed by atoms with van der Waals surface area (Å²) >= 11 is 6.28. The highest BCUT2D eigenvalue weighted by molar-refractivity contribution is 6.32. The zero-order valence-electron chi connectivity index (χ0n) is 15.6. The van der Waals surface area contributed by atoms with Crippen molar-refractivity contribution in [1.29, 1.82) is 0 Å². The van der Waals surface area contributed by atoms with Gasteiger partial charge < -0.3 is 14.8 Å². The second kappa shape index (κ2) is 9.32. The Hall–Kier alpha value is -1.93. The second-order valence-corrected chi connectivity index (χ2v) is 7.33. The van der Waals surface area contributed by atoms with Crippen LogP contribution in [0.25, 0.3) is 0 Å². The van der Waals surface area contributed by atoms with Crippen molar-refractivity contribution in [3.05, 3.63) is 23.4 Å². The van der Waals surface area contributed by atoms with E-state index in [4.69, 9.17) is 21.1 Å². The molecule has 27 heavy (non-hydrogen) atoms. The standard InChI is InChI=1S/C18H25ClFN5O2/c1-12-3-5-13(6-4-12)11-27-17-14(20)9-21-18(24-17)23-15-10-22-25(16(15)19)7-8-26-2/h9-10,12-13H,3-8,11H2,1-2H3,(H,21,23,24). The fourth-order valence-electron chi connectivity index (χ4n) is 3.11. The number of anilines is 2. The Morgan fingerprint density at radius 1 is 1.30 bits per heavy atom. The first-order valence-electron chi connectivity index (χ1n) is 9.19. The van der Waals surface area contributed by atoms with Gasteiger partial charge in [0.1, 0.15) is 0 Å². The van der Waals surface area contributed by atoms with Crippen LogP contribution in [0.2, 0.25) is 5.15 Å². The van der Waals surface area contributed by atoms with Gasteiger partial charge in [0.25, 0.3) is 5.88 Å². The minimum Gasteiger partial charge on any atom is -0.475 e. The molecule has 3 rings (SSSR count). The van der Waals surface area contributed by atoms with Crippen molar-refractivity contribution < 1.29 is 13.9 Å². The largest absolute Gasteiger partial charge is 0.475 e. The van der Waals surface area contributed by atoms with Crippen molar-refractivity contribution in [2.75, 3.05) is 25.6 Å². The average molecular weight is 398 g/mol. The lowest BCUT2D eigenvalue weighted by Crippen LogP contribution is -2.19. The molecule has 1 aliphatic rings. The Labute approximate surface area is 163 Å². The highest BCUT2D eigenvalue weighted by atomic mass is 35.5. The molecule has 0 spiro atoms. The molecule has 0 aromatic carbocycles. The molecule has 2 aromatic rings. The molecule has 0 bridgehead atoms. The Balaban J connectivity index is 1.62. The van der Waals surface area contributed by atoms with E-state index in [2.05, 4.69) is 27.3 Å². The van der Waals surface area contributed by atoms with Crippen molar-refractivity contribution in [2.24, 2.45) is 11.8 Å². The van der Waals surface area contributed by atoms with Crippen LogP contribution in [0.5, 0.6) is 5.88 Å². The van der Waals surface area contributed by atoms with E-state index in [1.807, 2.05) is 0 Å². The van der Waals surface area contributed by atoms with Crippen LogP contribution in [0.4, 0.5) is 16.0 Å². The molecule has 1 saturated carbocycles. The van der Waals surface area contributed by atoms with Crippen molar-refractivity contribution in [3.63, 3.8) is 0 Å². The van der Waals surface area contributed by atoms with Crippen molar-refractivity contribution >= 4 is 23.2 Å². The van der Waals surface area contributed by atoms with Gasteiger partial charge in [-0.2, -0.15) is 14.5 Å². The molecule has 7 nitrogen and oxygen atoms in total. The van der Waals surface area contributed by atoms with Gasteiger partial charge in [-0.25, -0.2) is 9.67 Å². The Kier molecular flexibility index (Phi) is 6.84. The van der Waals surface area contributed by atoms with Crippen LogP contribution >= 0.6 is 11.6 Å². The number of ether oxygens (including phenoxy) is 2. The lowest BCUT2D eigenvalue weighted by atomic mass is 9.83.